The van der Waals surface area contributed by atoms with Crippen LogP contribution in [0.4, 0.5) is 4.79 Å². The number of sulfonamides is 1. The normalized spacial score (nSPS) is 12.4. The summed E-state index contributed by atoms with van der Waals surface area (Å²) in [6, 6.07) is 3.49. The third-order valence-corrected chi connectivity index (χ3v) is 4.10. The molecule has 0 aromatic heterocycles. The first kappa shape index (κ1) is 18.9. The van der Waals surface area contributed by atoms with Crippen LogP contribution in [0.5, 0.6) is 5.75 Å². The largest absolute Gasteiger partial charge is 0.495 e. The van der Waals surface area contributed by atoms with Gasteiger partial charge in [0.05, 0.1) is 19.8 Å². The molecule has 23 heavy (non-hydrogen) atoms. The Kier molecular flexibility index (Phi) is 6.11. The van der Waals surface area contributed by atoms with Crippen LogP contribution in [-0.4, -0.2) is 39.0 Å². The molecule has 0 saturated carbocycles. The van der Waals surface area contributed by atoms with Gasteiger partial charge in [0.25, 0.3) is 0 Å². The number of imide groups is 1. The van der Waals surface area contributed by atoms with Crippen molar-refractivity contribution in [1.29, 1.82) is 0 Å². The highest BCUT2D eigenvalue weighted by atomic mass is 32.2. The lowest BCUT2D eigenvalue weighted by molar-refractivity contribution is -0.129. The summed E-state index contributed by atoms with van der Waals surface area (Å²) in [6.45, 7) is 4.53. The fourth-order valence-corrected chi connectivity index (χ4v) is 2.81. The van der Waals surface area contributed by atoms with Crippen molar-refractivity contribution in [2.24, 2.45) is 5.14 Å². The van der Waals surface area contributed by atoms with Crippen molar-refractivity contribution >= 4 is 22.0 Å². The molecule has 2 N–H and O–H groups in total. The van der Waals surface area contributed by atoms with Crippen molar-refractivity contribution in [2.75, 3.05) is 13.7 Å². The number of carbonyl (C=O) groups is 2. The van der Waals surface area contributed by atoms with Gasteiger partial charge in [-0.3, -0.25) is 4.79 Å². The fraction of sp³-hybridized carbons (Fsp3) is 0.429. The van der Waals surface area contributed by atoms with Crippen molar-refractivity contribution in [3.05, 3.63) is 23.8 Å². The van der Waals surface area contributed by atoms with Crippen molar-refractivity contribution in [2.45, 2.75) is 31.7 Å². The second kappa shape index (κ2) is 7.42. The molecule has 0 aliphatic carbocycles. The Morgan fingerprint density at radius 1 is 1.35 bits per heavy atom. The number of benzene rings is 1. The SMILES string of the molecule is CCOC(=O)N(C(C)=O)[C@@H](C)c1ccc(OC)c(S(N)(=O)=O)c1. The molecule has 1 rings (SSSR count). The van der Waals surface area contributed by atoms with E-state index in [1.54, 1.807) is 19.9 Å². The molecule has 128 valence electrons. The molecule has 1 aromatic carbocycles. The fourth-order valence-electron chi connectivity index (χ4n) is 2.08. The number of primary sulfonamides is 1. The highest BCUT2D eigenvalue weighted by molar-refractivity contribution is 7.89. The van der Waals surface area contributed by atoms with Crippen molar-refractivity contribution in [1.82, 2.24) is 4.90 Å². The van der Waals surface area contributed by atoms with Crippen LogP contribution in [0.3, 0.4) is 0 Å². The van der Waals surface area contributed by atoms with Crippen molar-refractivity contribution < 1.29 is 27.5 Å². The lowest BCUT2D eigenvalue weighted by Gasteiger charge is -2.26. The number of rotatable bonds is 5. The molecule has 9 heteroatoms. The van der Waals surface area contributed by atoms with Crippen LogP contribution in [-0.2, 0) is 19.6 Å². The summed E-state index contributed by atoms with van der Waals surface area (Å²) in [6.07, 6.45) is -0.805. The first-order chi connectivity index (χ1) is 10.6. The maximum Gasteiger partial charge on any atom is 0.417 e. The third-order valence-electron chi connectivity index (χ3n) is 3.17. The Labute approximate surface area is 135 Å². The smallest absolute Gasteiger partial charge is 0.417 e. The second-order valence-corrected chi connectivity index (χ2v) is 6.25. The molecule has 0 aliphatic heterocycles. The summed E-state index contributed by atoms with van der Waals surface area (Å²) >= 11 is 0. The van der Waals surface area contributed by atoms with Crippen LogP contribution in [0.2, 0.25) is 0 Å². The molecule has 0 saturated heterocycles. The van der Waals surface area contributed by atoms with E-state index in [0.717, 1.165) is 4.90 Å². The molecular formula is C14H20N2O6S. The average Bonchev–Trinajstić information content (AvgIpc) is 2.45. The molecule has 0 unspecified atom stereocenters. The van der Waals surface area contributed by atoms with Gasteiger partial charge in [0.1, 0.15) is 10.6 Å². The van der Waals surface area contributed by atoms with Gasteiger partial charge in [-0.25, -0.2) is 23.3 Å². The van der Waals surface area contributed by atoms with E-state index in [1.165, 1.54) is 26.2 Å². The van der Waals surface area contributed by atoms with E-state index in [1.807, 2.05) is 0 Å². The first-order valence-electron chi connectivity index (χ1n) is 6.80. The summed E-state index contributed by atoms with van der Waals surface area (Å²) in [4.78, 5) is 24.3. The van der Waals surface area contributed by atoms with Crippen LogP contribution < -0.4 is 9.88 Å². The van der Waals surface area contributed by atoms with Gasteiger partial charge < -0.3 is 9.47 Å². The second-order valence-electron chi connectivity index (χ2n) is 4.72. The molecule has 0 spiro atoms. The summed E-state index contributed by atoms with van der Waals surface area (Å²) in [5.41, 5.74) is 0.401. The first-order valence-corrected chi connectivity index (χ1v) is 8.35. The summed E-state index contributed by atoms with van der Waals surface area (Å²) < 4.78 is 33.1. The molecule has 8 nitrogen and oxygen atoms in total. The maximum atomic E-state index is 11.9. The van der Waals surface area contributed by atoms with Gasteiger partial charge in [-0.15, -0.1) is 0 Å². The molecule has 0 aliphatic rings. The molecule has 0 fully saturated rings. The third kappa shape index (κ3) is 4.42. The standard InChI is InChI=1S/C14H20N2O6S/c1-5-22-14(18)16(10(3)17)9(2)11-6-7-12(21-4)13(8-11)23(15,19)20/h6-9H,5H2,1-4H3,(H2,15,19,20)/t9-/m0/s1. The highest BCUT2D eigenvalue weighted by Gasteiger charge is 2.28. The zero-order chi connectivity index (χ0) is 17.8. The van der Waals surface area contributed by atoms with Crippen LogP contribution in [0.1, 0.15) is 32.4 Å². The van der Waals surface area contributed by atoms with E-state index < -0.39 is 28.1 Å². The van der Waals surface area contributed by atoms with Crippen LogP contribution in [0, 0.1) is 0 Å². The quantitative estimate of drug-likeness (QED) is 0.863. The van der Waals surface area contributed by atoms with Crippen LogP contribution >= 0.6 is 0 Å². The minimum Gasteiger partial charge on any atom is -0.495 e. The minimum absolute atomic E-state index is 0.0777. The molecule has 0 radical (unpaired) electrons. The predicted octanol–water partition coefficient (Wildman–Crippen LogP) is 1.41. The number of nitrogens with two attached hydrogens (primary N) is 1. The van der Waals surface area contributed by atoms with E-state index in [4.69, 9.17) is 14.6 Å². The van der Waals surface area contributed by atoms with Gasteiger partial charge in [0.2, 0.25) is 15.9 Å². The predicted molar refractivity (Wildman–Crippen MR) is 82.3 cm³/mol. The van der Waals surface area contributed by atoms with Crippen molar-refractivity contribution in [3.8, 4) is 5.75 Å². The summed E-state index contributed by atoms with van der Waals surface area (Å²) in [7, 11) is -2.71. The monoisotopic (exact) mass is 344 g/mol. The number of hydrogen-bond acceptors (Lipinski definition) is 6. The number of amides is 2. The van der Waals surface area contributed by atoms with Gasteiger partial charge in [-0.1, -0.05) is 6.07 Å². The van der Waals surface area contributed by atoms with Crippen LogP contribution in [0.15, 0.2) is 23.1 Å². The Hall–Kier alpha value is -2.13. The summed E-state index contributed by atoms with van der Waals surface area (Å²) in [5, 5.41) is 5.17. The Morgan fingerprint density at radius 2 is 1.96 bits per heavy atom. The summed E-state index contributed by atoms with van der Waals surface area (Å²) in [5.74, 6) is -0.446. The number of ether oxygens (including phenoxy) is 2. The Morgan fingerprint density at radius 3 is 2.39 bits per heavy atom. The van der Waals surface area contributed by atoms with E-state index in [-0.39, 0.29) is 17.3 Å². The molecular weight excluding hydrogens is 324 g/mol. The van der Waals surface area contributed by atoms with Gasteiger partial charge in [0, 0.05) is 6.92 Å². The lowest BCUT2D eigenvalue weighted by atomic mass is 10.1. The molecule has 2 amide bonds. The van der Waals surface area contributed by atoms with Crippen molar-refractivity contribution in [3.63, 3.8) is 0 Å². The number of nitrogens with zero attached hydrogens (tertiary/aromatic N) is 1. The molecule has 1 aromatic rings. The lowest BCUT2D eigenvalue weighted by Crippen LogP contribution is -2.38. The Bertz CT molecular complexity index is 701. The van der Waals surface area contributed by atoms with Gasteiger partial charge in [0.15, 0.2) is 0 Å². The molecule has 0 bridgehead atoms. The van der Waals surface area contributed by atoms with E-state index >= 15 is 0 Å². The highest BCUT2D eigenvalue weighted by Crippen LogP contribution is 2.29. The molecule has 1 atom stereocenters. The Balaban J connectivity index is 3.33. The van der Waals surface area contributed by atoms with E-state index in [2.05, 4.69) is 0 Å². The van der Waals surface area contributed by atoms with Gasteiger partial charge in [-0.05, 0) is 31.5 Å². The number of hydrogen-bond donors (Lipinski definition) is 1. The minimum atomic E-state index is -4.02. The zero-order valence-electron chi connectivity index (χ0n) is 13.4. The maximum absolute atomic E-state index is 11.9. The number of carbonyl (C=O) groups excluding carboxylic acids is 2. The van der Waals surface area contributed by atoms with E-state index in [0.29, 0.717) is 5.56 Å². The van der Waals surface area contributed by atoms with Gasteiger partial charge >= 0.3 is 6.09 Å². The van der Waals surface area contributed by atoms with Gasteiger partial charge in [-0.2, -0.15) is 0 Å². The average molecular weight is 344 g/mol. The van der Waals surface area contributed by atoms with E-state index in [9.17, 15) is 18.0 Å². The number of methoxy groups -OCH3 is 1. The van der Waals surface area contributed by atoms with Crippen LogP contribution in [0.25, 0.3) is 0 Å². The topological polar surface area (TPSA) is 116 Å². The zero-order valence-corrected chi connectivity index (χ0v) is 14.2. The molecule has 0 heterocycles.